The molecule has 2 aromatic rings. The van der Waals surface area contributed by atoms with E-state index < -0.39 is 11.4 Å². The standard InChI is InChI=1S/C22H26FN5O3/c1-22(21(31)25-16-8-3-4-9-16)13-28-18(20(30)27(22)2)11-17(26-28)19(29)24-12-14-6-5-7-15(23)10-14/h5-7,10-11,16H,3-4,8-9,12-13H2,1-2H3,(H,24,29)(H,25,31)/t22-/m0/s1. The fourth-order valence-electron chi connectivity index (χ4n) is 4.17. The predicted molar refractivity (Wildman–Crippen MR) is 111 cm³/mol. The molecule has 1 aliphatic heterocycles. The van der Waals surface area contributed by atoms with E-state index in [2.05, 4.69) is 15.7 Å². The Bertz CT molecular complexity index is 1030. The first kappa shape index (κ1) is 21.0. The largest absolute Gasteiger partial charge is 0.351 e. The lowest BCUT2D eigenvalue weighted by atomic mass is 9.95. The van der Waals surface area contributed by atoms with Crippen LogP contribution in [0.25, 0.3) is 0 Å². The lowest BCUT2D eigenvalue weighted by molar-refractivity contribution is -0.133. The zero-order chi connectivity index (χ0) is 22.2. The van der Waals surface area contributed by atoms with Gasteiger partial charge in [0.1, 0.15) is 17.1 Å². The van der Waals surface area contributed by atoms with E-state index in [0.29, 0.717) is 5.56 Å². The molecule has 2 N–H and O–H groups in total. The molecular weight excluding hydrogens is 401 g/mol. The number of fused-ring (bicyclic) bond motifs is 1. The van der Waals surface area contributed by atoms with E-state index >= 15 is 0 Å². The van der Waals surface area contributed by atoms with Crippen LogP contribution in [0.4, 0.5) is 4.39 Å². The molecule has 3 amide bonds. The van der Waals surface area contributed by atoms with Crippen molar-refractivity contribution >= 4 is 17.7 Å². The van der Waals surface area contributed by atoms with Gasteiger partial charge in [-0.2, -0.15) is 5.10 Å². The van der Waals surface area contributed by atoms with E-state index in [9.17, 15) is 18.8 Å². The van der Waals surface area contributed by atoms with Crippen LogP contribution in [0.2, 0.25) is 0 Å². The van der Waals surface area contributed by atoms with Crippen molar-refractivity contribution in [2.75, 3.05) is 7.05 Å². The topological polar surface area (TPSA) is 96.3 Å². The van der Waals surface area contributed by atoms with Gasteiger partial charge in [0.2, 0.25) is 5.91 Å². The minimum Gasteiger partial charge on any atom is -0.351 e. The molecule has 2 heterocycles. The predicted octanol–water partition coefficient (Wildman–Crippen LogP) is 1.86. The van der Waals surface area contributed by atoms with Gasteiger partial charge in [0.15, 0.2) is 5.69 Å². The number of hydrogen-bond acceptors (Lipinski definition) is 4. The number of halogens is 1. The summed E-state index contributed by atoms with van der Waals surface area (Å²) in [5.41, 5.74) is -0.156. The van der Waals surface area contributed by atoms with Crippen molar-refractivity contribution in [3.63, 3.8) is 0 Å². The molecule has 8 nitrogen and oxygen atoms in total. The molecule has 2 aliphatic rings. The Hall–Kier alpha value is -3.23. The Labute approximate surface area is 179 Å². The molecular formula is C22H26FN5O3. The molecule has 1 aromatic heterocycles. The zero-order valence-corrected chi connectivity index (χ0v) is 17.7. The first-order chi connectivity index (χ1) is 14.8. The van der Waals surface area contributed by atoms with Crippen LogP contribution in [-0.2, 0) is 17.9 Å². The van der Waals surface area contributed by atoms with Crippen LogP contribution in [0.1, 0.15) is 59.1 Å². The maximum absolute atomic E-state index is 13.3. The number of amides is 3. The van der Waals surface area contributed by atoms with E-state index in [-0.39, 0.29) is 48.2 Å². The molecule has 0 saturated heterocycles. The number of carbonyl (C=O) groups is 3. The molecule has 1 saturated carbocycles. The number of hydrogen-bond donors (Lipinski definition) is 2. The van der Waals surface area contributed by atoms with Gasteiger partial charge in [0, 0.05) is 25.7 Å². The minimum absolute atomic E-state index is 0.0774. The third-order valence-electron chi connectivity index (χ3n) is 6.26. The molecule has 164 valence electrons. The van der Waals surface area contributed by atoms with Crippen LogP contribution in [0.5, 0.6) is 0 Å². The second-order valence-corrected chi connectivity index (χ2v) is 8.48. The van der Waals surface area contributed by atoms with Crippen molar-refractivity contribution in [1.82, 2.24) is 25.3 Å². The van der Waals surface area contributed by atoms with Crippen LogP contribution < -0.4 is 10.6 Å². The van der Waals surface area contributed by atoms with Crippen LogP contribution >= 0.6 is 0 Å². The first-order valence-corrected chi connectivity index (χ1v) is 10.5. The van der Waals surface area contributed by atoms with Crippen LogP contribution in [-0.4, -0.2) is 51.0 Å². The zero-order valence-electron chi connectivity index (χ0n) is 17.7. The highest BCUT2D eigenvalue weighted by atomic mass is 19.1. The average molecular weight is 427 g/mol. The Morgan fingerprint density at radius 3 is 2.71 bits per heavy atom. The van der Waals surface area contributed by atoms with Gasteiger partial charge in [-0.25, -0.2) is 4.39 Å². The molecule has 9 heteroatoms. The molecule has 1 aliphatic carbocycles. The third kappa shape index (κ3) is 4.04. The Morgan fingerprint density at radius 1 is 1.26 bits per heavy atom. The summed E-state index contributed by atoms with van der Waals surface area (Å²) in [6, 6.07) is 7.50. The van der Waals surface area contributed by atoms with Crippen molar-refractivity contribution in [1.29, 1.82) is 0 Å². The highest BCUT2D eigenvalue weighted by Gasteiger charge is 2.46. The number of rotatable bonds is 5. The summed E-state index contributed by atoms with van der Waals surface area (Å²) in [6.45, 7) is 2.00. The van der Waals surface area contributed by atoms with Crippen molar-refractivity contribution in [2.24, 2.45) is 0 Å². The smallest absolute Gasteiger partial charge is 0.272 e. The first-order valence-electron chi connectivity index (χ1n) is 10.5. The number of aromatic nitrogens is 2. The van der Waals surface area contributed by atoms with Gasteiger partial charge in [-0.05, 0) is 37.5 Å². The lowest BCUT2D eigenvalue weighted by Gasteiger charge is -2.41. The molecule has 0 spiro atoms. The highest BCUT2D eigenvalue weighted by Crippen LogP contribution is 2.27. The van der Waals surface area contributed by atoms with E-state index in [1.807, 2.05) is 0 Å². The number of likely N-dealkylation sites (N-methyl/N-ethyl adjacent to an activating group) is 1. The Kier molecular flexibility index (Phi) is 5.51. The van der Waals surface area contributed by atoms with Gasteiger partial charge in [-0.1, -0.05) is 25.0 Å². The van der Waals surface area contributed by atoms with Gasteiger partial charge < -0.3 is 15.5 Å². The molecule has 1 atom stereocenters. The quantitative estimate of drug-likeness (QED) is 0.761. The molecule has 1 aromatic carbocycles. The minimum atomic E-state index is -1.10. The lowest BCUT2D eigenvalue weighted by Crippen LogP contribution is -2.63. The van der Waals surface area contributed by atoms with Crippen molar-refractivity contribution in [3.8, 4) is 0 Å². The van der Waals surface area contributed by atoms with E-state index in [1.165, 1.54) is 27.8 Å². The SMILES string of the molecule is CN1C(=O)c2cc(C(=O)NCc3cccc(F)c3)nn2C[C@@]1(C)C(=O)NC1CCCC1. The Balaban J connectivity index is 1.49. The van der Waals surface area contributed by atoms with Crippen LogP contribution in [0.3, 0.4) is 0 Å². The third-order valence-corrected chi connectivity index (χ3v) is 6.26. The summed E-state index contributed by atoms with van der Waals surface area (Å²) < 4.78 is 14.7. The van der Waals surface area contributed by atoms with Crippen molar-refractivity contribution in [3.05, 3.63) is 53.1 Å². The fourth-order valence-corrected chi connectivity index (χ4v) is 4.17. The summed E-state index contributed by atoms with van der Waals surface area (Å²) in [4.78, 5) is 39.9. The average Bonchev–Trinajstić information content (AvgIpc) is 3.40. The van der Waals surface area contributed by atoms with Gasteiger partial charge in [0.05, 0.1) is 6.54 Å². The summed E-state index contributed by atoms with van der Waals surface area (Å²) >= 11 is 0. The molecule has 1 fully saturated rings. The molecule has 0 bridgehead atoms. The maximum Gasteiger partial charge on any atom is 0.272 e. The van der Waals surface area contributed by atoms with Crippen molar-refractivity contribution < 1.29 is 18.8 Å². The second-order valence-electron chi connectivity index (χ2n) is 8.48. The number of benzene rings is 1. The number of nitrogens with zero attached hydrogens (tertiary/aromatic N) is 3. The van der Waals surface area contributed by atoms with Crippen LogP contribution in [0.15, 0.2) is 30.3 Å². The van der Waals surface area contributed by atoms with E-state index in [1.54, 1.807) is 26.1 Å². The Morgan fingerprint density at radius 2 is 2.00 bits per heavy atom. The molecule has 0 unspecified atom stereocenters. The molecule has 0 radical (unpaired) electrons. The van der Waals surface area contributed by atoms with E-state index in [0.717, 1.165) is 25.7 Å². The van der Waals surface area contributed by atoms with Gasteiger partial charge in [-0.3, -0.25) is 19.1 Å². The van der Waals surface area contributed by atoms with Crippen LogP contribution in [0, 0.1) is 5.82 Å². The summed E-state index contributed by atoms with van der Waals surface area (Å²) in [5, 5.41) is 10.0. The monoisotopic (exact) mass is 427 g/mol. The summed E-state index contributed by atoms with van der Waals surface area (Å²) in [5.74, 6) is -1.44. The maximum atomic E-state index is 13.3. The van der Waals surface area contributed by atoms with Crippen molar-refractivity contribution in [2.45, 2.75) is 57.3 Å². The normalized spacial score (nSPS) is 21.1. The second kappa shape index (κ2) is 8.13. The number of carbonyl (C=O) groups excluding carboxylic acids is 3. The highest BCUT2D eigenvalue weighted by molar-refractivity contribution is 6.01. The molecule has 31 heavy (non-hydrogen) atoms. The summed E-state index contributed by atoms with van der Waals surface area (Å²) in [6.07, 6.45) is 4.08. The van der Waals surface area contributed by atoms with Gasteiger partial charge in [0.25, 0.3) is 11.8 Å². The number of nitrogens with one attached hydrogen (secondary N) is 2. The van der Waals surface area contributed by atoms with Gasteiger partial charge >= 0.3 is 0 Å². The molecule has 4 rings (SSSR count). The van der Waals surface area contributed by atoms with Gasteiger partial charge in [-0.15, -0.1) is 0 Å². The summed E-state index contributed by atoms with van der Waals surface area (Å²) in [7, 11) is 1.59. The fraction of sp³-hybridized carbons (Fsp3) is 0.455. The van der Waals surface area contributed by atoms with E-state index in [4.69, 9.17) is 0 Å².